The van der Waals surface area contributed by atoms with Gasteiger partial charge >= 0.3 is 0 Å². The average molecular weight is 487 g/mol. The second-order valence-electron chi connectivity index (χ2n) is 5.89. The molecule has 0 saturated heterocycles. The average Bonchev–Trinajstić information content (AvgIpc) is 2.58. The number of rotatable bonds is 6. The van der Waals surface area contributed by atoms with E-state index in [1.54, 1.807) is 24.3 Å². The maximum atomic E-state index is 11.5. The largest absolute Gasteiger partial charge is 0.357 e. The quantitative estimate of drug-likeness (QED) is 0.373. The van der Waals surface area contributed by atoms with Crippen LogP contribution in [0.2, 0.25) is 0 Å². The van der Waals surface area contributed by atoms with Gasteiger partial charge in [0.05, 0.1) is 11.4 Å². The van der Waals surface area contributed by atoms with Crippen molar-refractivity contribution < 1.29 is 8.42 Å². The molecule has 0 aromatic heterocycles. The van der Waals surface area contributed by atoms with Gasteiger partial charge in [-0.3, -0.25) is 0 Å². The molecule has 2 N–H and O–H groups in total. The van der Waals surface area contributed by atoms with E-state index >= 15 is 0 Å². The first-order valence-electron chi connectivity index (χ1n) is 8.26. The number of hydrogen-bond donors (Lipinski definition) is 2. The minimum absolute atomic E-state index is 0. The van der Waals surface area contributed by atoms with Crippen molar-refractivity contribution in [3.05, 3.63) is 65.2 Å². The lowest BCUT2D eigenvalue weighted by Crippen LogP contribution is -2.36. The number of halogens is 1. The standard InChI is InChI=1S/C19H25N3O2S.HI/c1-4-20-19(22-14-17-8-6-5-7-15(17)2)21-13-16-9-11-18(12-10-16)25(3,23)24;/h5-12H,4,13-14H2,1-3H3,(H2,20,21,22);1H. The molecule has 0 aliphatic carbocycles. The van der Waals surface area contributed by atoms with Gasteiger partial charge in [-0.2, -0.15) is 0 Å². The fraction of sp³-hybridized carbons (Fsp3) is 0.316. The second kappa shape index (κ2) is 10.5. The lowest BCUT2D eigenvalue weighted by Gasteiger charge is -2.12. The number of aryl methyl sites for hydroxylation is 1. The fourth-order valence-corrected chi connectivity index (χ4v) is 2.97. The third-order valence-corrected chi connectivity index (χ3v) is 4.95. The molecule has 0 saturated carbocycles. The van der Waals surface area contributed by atoms with Crippen LogP contribution >= 0.6 is 24.0 Å². The highest BCUT2D eigenvalue weighted by molar-refractivity contribution is 14.0. The van der Waals surface area contributed by atoms with Crippen molar-refractivity contribution in [3.8, 4) is 0 Å². The normalized spacial score (nSPS) is 11.6. The topological polar surface area (TPSA) is 70.6 Å². The molecule has 0 spiro atoms. The van der Waals surface area contributed by atoms with Crippen molar-refractivity contribution in [1.29, 1.82) is 0 Å². The van der Waals surface area contributed by atoms with Gasteiger partial charge in [-0.05, 0) is 42.7 Å². The van der Waals surface area contributed by atoms with Crippen molar-refractivity contribution in [3.63, 3.8) is 0 Å². The zero-order valence-corrected chi connectivity index (χ0v) is 18.5. The van der Waals surface area contributed by atoms with E-state index in [4.69, 9.17) is 0 Å². The molecular weight excluding hydrogens is 461 g/mol. The fourth-order valence-electron chi connectivity index (χ4n) is 2.34. The SMILES string of the molecule is CCNC(=NCc1ccc(S(C)(=O)=O)cc1)NCc1ccccc1C.I. The summed E-state index contributed by atoms with van der Waals surface area (Å²) in [5, 5.41) is 6.55. The molecule has 0 aliphatic rings. The van der Waals surface area contributed by atoms with E-state index in [0.717, 1.165) is 18.1 Å². The first-order chi connectivity index (χ1) is 11.9. The van der Waals surface area contributed by atoms with Crippen molar-refractivity contribution in [2.45, 2.75) is 31.8 Å². The first kappa shape index (κ1) is 22.4. The molecule has 142 valence electrons. The predicted molar refractivity (Wildman–Crippen MR) is 118 cm³/mol. The molecular formula is C19H26IN3O2S. The van der Waals surface area contributed by atoms with E-state index in [-0.39, 0.29) is 24.0 Å². The van der Waals surface area contributed by atoms with Gasteiger partial charge in [0.15, 0.2) is 15.8 Å². The van der Waals surface area contributed by atoms with Crippen LogP contribution < -0.4 is 10.6 Å². The molecule has 2 rings (SSSR count). The van der Waals surface area contributed by atoms with E-state index in [0.29, 0.717) is 18.0 Å². The highest BCUT2D eigenvalue weighted by Gasteiger charge is 2.06. The van der Waals surface area contributed by atoms with Crippen LogP contribution in [-0.2, 0) is 22.9 Å². The van der Waals surface area contributed by atoms with Gasteiger partial charge in [-0.25, -0.2) is 13.4 Å². The van der Waals surface area contributed by atoms with Gasteiger partial charge in [0, 0.05) is 19.3 Å². The van der Waals surface area contributed by atoms with Crippen molar-refractivity contribution in [2.75, 3.05) is 12.8 Å². The van der Waals surface area contributed by atoms with Crippen molar-refractivity contribution in [1.82, 2.24) is 10.6 Å². The third kappa shape index (κ3) is 6.95. The third-order valence-electron chi connectivity index (χ3n) is 3.82. The highest BCUT2D eigenvalue weighted by Crippen LogP contribution is 2.11. The van der Waals surface area contributed by atoms with Crippen LogP contribution in [0.15, 0.2) is 58.4 Å². The number of nitrogens with zero attached hydrogens (tertiary/aromatic N) is 1. The summed E-state index contributed by atoms with van der Waals surface area (Å²) in [7, 11) is -3.16. The Bertz CT molecular complexity index is 834. The number of guanidine groups is 1. The Balaban J connectivity index is 0.00000338. The lowest BCUT2D eigenvalue weighted by atomic mass is 10.1. The van der Waals surface area contributed by atoms with E-state index in [2.05, 4.69) is 34.7 Å². The molecule has 0 radical (unpaired) electrons. The number of aliphatic imine (C=N–C) groups is 1. The maximum Gasteiger partial charge on any atom is 0.191 e. The summed E-state index contributed by atoms with van der Waals surface area (Å²) in [5.41, 5.74) is 3.42. The molecule has 0 atom stereocenters. The van der Waals surface area contributed by atoms with Gasteiger partial charge < -0.3 is 10.6 Å². The zero-order chi connectivity index (χ0) is 18.3. The zero-order valence-electron chi connectivity index (χ0n) is 15.3. The Morgan fingerprint density at radius 3 is 2.27 bits per heavy atom. The lowest BCUT2D eigenvalue weighted by molar-refractivity contribution is 0.602. The summed E-state index contributed by atoms with van der Waals surface area (Å²) in [6, 6.07) is 15.1. The Kier molecular flexibility index (Phi) is 9.07. The Labute approximate surface area is 173 Å². The van der Waals surface area contributed by atoms with Crippen LogP contribution in [0.4, 0.5) is 0 Å². The monoisotopic (exact) mass is 487 g/mol. The van der Waals surface area contributed by atoms with E-state index in [1.807, 2.05) is 19.1 Å². The van der Waals surface area contributed by atoms with Gasteiger partial charge in [0.25, 0.3) is 0 Å². The minimum atomic E-state index is -3.16. The second-order valence-corrected chi connectivity index (χ2v) is 7.91. The number of sulfone groups is 1. The van der Waals surface area contributed by atoms with Gasteiger partial charge in [-0.1, -0.05) is 36.4 Å². The predicted octanol–water partition coefficient (Wildman–Crippen LogP) is 3.27. The molecule has 2 aromatic rings. The summed E-state index contributed by atoms with van der Waals surface area (Å²) >= 11 is 0. The smallest absolute Gasteiger partial charge is 0.191 e. The molecule has 0 bridgehead atoms. The summed E-state index contributed by atoms with van der Waals surface area (Å²) in [5.74, 6) is 0.734. The Morgan fingerprint density at radius 2 is 1.69 bits per heavy atom. The van der Waals surface area contributed by atoms with Gasteiger partial charge in [-0.15, -0.1) is 24.0 Å². The summed E-state index contributed by atoms with van der Waals surface area (Å²) in [6.07, 6.45) is 1.21. The van der Waals surface area contributed by atoms with E-state index in [9.17, 15) is 8.42 Å². The summed E-state index contributed by atoms with van der Waals surface area (Å²) < 4.78 is 23.0. The van der Waals surface area contributed by atoms with Crippen LogP contribution in [0.3, 0.4) is 0 Å². The molecule has 0 aliphatic heterocycles. The van der Waals surface area contributed by atoms with E-state index < -0.39 is 9.84 Å². The van der Waals surface area contributed by atoms with Gasteiger partial charge in [0.1, 0.15) is 0 Å². The molecule has 26 heavy (non-hydrogen) atoms. The molecule has 0 fully saturated rings. The van der Waals surface area contributed by atoms with Gasteiger partial charge in [0.2, 0.25) is 0 Å². The van der Waals surface area contributed by atoms with E-state index in [1.165, 1.54) is 17.4 Å². The molecule has 0 unspecified atom stereocenters. The molecule has 7 heteroatoms. The number of hydrogen-bond acceptors (Lipinski definition) is 3. The number of benzene rings is 2. The van der Waals surface area contributed by atoms with Crippen molar-refractivity contribution >= 4 is 39.8 Å². The molecule has 0 amide bonds. The Hall–Kier alpha value is -1.61. The number of nitrogens with one attached hydrogen (secondary N) is 2. The summed E-state index contributed by atoms with van der Waals surface area (Å²) in [6.45, 7) is 6.06. The van der Waals surface area contributed by atoms with Crippen LogP contribution in [0.5, 0.6) is 0 Å². The minimum Gasteiger partial charge on any atom is -0.357 e. The van der Waals surface area contributed by atoms with Crippen LogP contribution in [0, 0.1) is 6.92 Å². The molecule has 0 heterocycles. The molecule has 2 aromatic carbocycles. The van der Waals surface area contributed by atoms with Crippen LogP contribution in [-0.4, -0.2) is 27.2 Å². The maximum absolute atomic E-state index is 11.5. The first-order valence-corrected chi connectivity index (χ1v) is 10.1. The van der Waals surface area contributed by atoms with Crippen molar-refractivity contribution in [2.24, 2.45) is 4.99 Å². The van der Waals surface area contributed by atoms with Crippen LogP contribution in [0.1, 0.15) is 23.6 Å². The summed E-state index contributed by atoms with van der Waals surface area (Å²) in [4.78, 5) is 4.89. The Morgan fingerprint density at radius 1 is 1.04 bits per heavy atom. The van der Waals surface area contributed by atoms with Crippen LogP contribution in [0.25, 0.3) is 0 Å². The highest BCUT2D eigenvalue weighted by atomic mass is 127. The molecule has 5 nitrogen and oxygen atoms in total.